The number of hydrogen-bond acceptors (Lipinski definition) is 5. The van der Waals surface area contributed by atoms with Crippen LogP contribution in [-0.2, 0) is 10.0 Å². The third-order valence-electron chi connectivity index (χ3n) is 3.96. The van der Waals surface area contributed by atoms with Crippen molar-refractivity contribution in [3.05, 3.63) is 28.3 Å². The Morgan fingerprint density at radius 3 is 2.43 bits per heavy atom. The molecule has 0 saturated heterocycles. The summed E-state index contributed by atoms with van der Waals surface area (Å²) in [5.74, 6) is 0. The Hall–Kier alpha value is -1.67. The zero-order valence-electron chi connectivity index (χ0n) is 11.9. The lowest BCUT2D eigenvalue weighted by molar-refractivity contribution is -0.384. The second-order valence-corrected chi connectivity index (χ2v) is 6.86. The average molecular weight is 313 g/mol. The lowest BCUT2D eigenvalue weighted by atomic mass is 9.94. The predicted octanol–water partition coefficient (Wildman–Crippen LogP) is 2.01. The minimum atomic E-state index is -4.02. The number of hydrogen-bond donors (Lipinski definition) is 1. The van der Waals surface area contributed by atoms with E-state index in [9.17, 15) is 18.5 Å². The van der Waals surface area contributed by atoms with Gasteiger partial charge in [-0.15, -0.1) is 0 Å². The summed E-state index contributed by atoms with van der Waals surface area (Å²) in [6.07, 6.45) is 5.02. The zero-order chi connectivity index (χ0) is 15.6. The first-order valence-corrected chi connectivity index (χ1v) is 8.40. The van der Waals surface area contributed by atoms with Crippen molar-refractivity contribution in [3.63, 3.8) is 0 Å². The summed E-state index contributed by atoms with van der Waals surface area (Å²) < 4.78 is 23.5. The topological polar surface area (TPSA) is 107 Å². The number of benzene rings is 1. The lowest BCUT2D eigenvalue weighted by Crippen LogP contribution is -2.35. The fraction of sp³-hybridized carbons (Fsp3) is 0.538. The maximum absolute atomic E-state index is 11.7. The number of para-hydroxylation sites is 1. The number of nitrogens with zero attached hydrogens (tertiary/aromatic N) is 2. The van der Waals surface area contributed by atoms with Gasteiger partial charge in [0.2, 0.25) is 10.0 Å². The van der Waals surface area contributed by atoms with E-state index in [1.807, 2.05) is 0 Å². The summed E-state index contributed by atoms with van der Waals surface area (Å²) in [4.78, 5) is 12.2. The predicted molar refractivity (Wildman–Crippen MR) is 79.7 cm³/mol. The van der Waals surface area contributed by atoms with Crippen LogP contribution >= 0.6 is 0 Å². The summed E-state index contributed by atoms with van der Waals surface area (Å²) in [7, 11) is -2.32. The molecule has 0 atom stereocenters. The minimum Gasteiger partial charge on any atom is -0.365 e. The van der Waals surface area contributed by atoms with Crippen LogP contribution in [0.25, 0.3) is 0 Å². The summed E-state index contributed by atoms with van der Waals surface area (Å²) >= 11 is 0. The van der Waals surface area contributed by atoms with Crippen molar-refractivity contribution in [2.75, 3.05) is 11.9 Å². The number of nitro benzene ring substituents is 1. The van der Waals surface area contributed by atoms with E-state index >= 15 is 0 Å². The van der Waals surface area contributed by atoms with Crippen LogP contribution in [0.3, 0.4) is 0 Å². The third kappa shape index (κ3) is 3.33. The second kappa shape index (κ2) is 5.98. The summed E-state index contributed by atoms with van der Waals surface area (Å²) in [6.45, 7) is 0. The smallest absolute Gasteiger partial charge is 0.293 e. The number of nitrogens with two attached hydrogens (primary N) is 1. The van der Waals surface area contributed by atoms with Gasteiger partial charge in [-0.25, -0.2) is 13.6 Å². The van der Waals surface area contributed by atoms with E-state index in [2.05, 4.69) is 0 Å². The maximum atomic E-state index is 11.7. The Bertz CT molecular complexity index is 639. The molecule has 1 saturated carbocycles. The molecule has 8 heteroatoms. The maximum Gasteiger partial charge on any atom is 0.293 e. The van der Waals surface area contributed by atoms with Crippen molar-refractivity contribution >= 4 is 21.4 Å². The van der Waals surface area contributed by atoms with Crippen LogP contribution < -0.4 is 10.0 Å². The van der Waals surface area contributed by atoms with Gasteiger partial charge >= 0.3 is 0 Å². The highest BCUT2D eigenvalue weighted by Crippen LogP contribution is 2.37. The zero-order valence-corrected chi connectivity index (χ0v) is 12.7. The van der Waals surface area contributed by atoms with Gasteiger partial charge in [0.1, 0.15) is 10.6 Å². The van der Waals surface area contributed by atoms with E-state index in [1.54, 1.807) is 11.9 Å². The highest BCUT2D eigenvalue weighted by atomic mass is 32.2. The quantitative estimate of drug-likeness (QED) is 0.676. The van der Waals surface area contributed by atoms with Gasteiger partial charge in [0.25, 0.3) is 5.69 Å². The van der Waals surface area contributed by atoms with E-state index < -0.39 is 14.9 Å². The molecule has 0 radical (unpaired) electrons. The highest BCUT2D eigenvalue weighted by molar-refractivity contribution is 7.89. The number of rotatable bonds is 4. The summed E-state index contributed by atoms with van der Waals surface area (Å²) in [5, 5.41) is 16.4. The Morgan fingerprint density at radius 1 is 1.29 bits per heavy atom. The van der Waals surface area contributed by atoms with Gasteiger partial charge < -0.3 is 4.90 Å². The molecule has 116 valence electrons. The molecule has 0 amide bonds. The average Bonchev–Trinajstić information content (AvgIpc) is 2.45. The van der Waals surface area contributed by atoms with Crippen molar-refractivity contribution < 1.29 is 13.3 Å². The van der Waals surface area contributed by atoms with E-state index in [-0.39, 0.29) is 22.3 Å². The molecule has 1 aromatic carbocycles. The molecule has 1 aliphatic rings. The van der Waals surface area contributed by atoms with Crippen molar-refractivity contribution in [1.82, 2.24) is 0 Å². The molecule has 21 heavy (non-hydrogen) atoms. The van der Waals surface area contributed by atoms with Crippen LogP contribution in [0.4, 0.5) is 11.4 Å². The van der Waals surface area contributed by atoms with Crippen molar-refractivity contribution in [2.45, 2.75) is 43.0 Å². The molecule has 0 spiro atoms. The fourth-order valence-corrected chi connectivity index (χ4v) is 3.68. The van der Waals surface area contributed by atoms with Gasteiger partial charge in [-0.1, -0.05) is 25.3 Å². The molecule has 2 rings (SSSR count). The molecule has 7 nitrogen and oxygen atoms in total. The number of primary sulfonamides is 1. The normalized spacial score (nSPS) is 16.7. The first-order valence-electron chi connectivity index (χ1n) is 6.85. The Kier molecular flexibility index (Phi) is 4.48. The first-order chi connectivity index (χ1) is 9.82. The molecule has 0 unspecified atom stereocenters. The molecule has 2 N–H and O–H groups in total. The van der Waals surface area contributed by atoms with Gasteiger partial charge in [0.15, 0.2) is 0 Å². The van der Waals surface area contributed by atoms with E-state index in [0.717, 1.165) is 32.1 Å². The number of anilines is 1. The van der Waals surface area contributed by atoms with Gasteiger partial charge in [-0.05, 0) is 18.9 Å². The van der Waals surface area contributed by atoms with Crippen LogP contribution in [0.5, 0.6) is 0 Å². The van der Waals surface area contributed by atoms with Gasteiger partial charge in [0.05, 0.1) is 4.92 Å². The van der Waals surface area contributed by atoms with Crippen LogP contribution in [-0.4, -0.2) is 26.4 Å². The van der Waals surface area contributed by atoms with Crippen molar-refractivity contribution in [1.29, 1.82) is 0 Å². The molecule has 0 aliphatic heterocycles. The standard InChI is InChI=1S/C13H19N3O4S/c1-15(10-6-3-2-4-7-10)13-11(16(17)18)8-5-9-12(13)21(14,19)20/h5,8-10H,2-4,6-7H2,1H3,(H2,14,19,20). The monoisotopic (exact) mass is 313 g/mol. The highest BCUT2D eigenvalue weighted by Gasteiger charge is 2.30. The second-order valence-electron chi connectivity index (χ2n) is 5.33. The fourth-order valence-electron chi connectivity index (χ4n) is 2.89. The SMILES string of the molecule is CN(c1c([N+](=O)[O-])cccc1S(N)(=O)=O)C1CCCCC1. The number of sulfonamides is 1. The van der Waals surface area contributed by atoms with Crippen LogP contribution in [0.15, 0.2) is 23.1 Å². The molecule has 1 aromatic rings. The van der Waals surface area contributed by atoms with Crippen molar-refractivity contribution in [3.8, 4) is 0 Å². The number of nitro groups is 1. The van der Waals surface area contributed by atoms with Crippen molar-refractivity contribution in [2.24, 2.45) is 5.14 Å². The van der Waals surface area contributed by atoms with Crippen LogP contribution in [0.2, 0.25) is 0 Å². The van der Waals surface area contributed by atoms with E-state index in [4.69, 9.17) is 5.14 Å². The molecule has 1 fully saturated rings. The first kappa shape index (κ1) is 15.7. The summed E-state index contributed by atoms with van der Waals surface area (Å²) in [5.41, 5.74) is -0.133. The summed E-state index contributed by atoms with van der Waals surface area (Å²) in [6, 6.07) is 4.07. The Balaban J connectivity index is 2.55. The third-order valence-corrected chi connectivity index (χ3v) is 4.90. The van der Waals surface area contributed by atoms with Crippen LogP contribution in [0, 0.1) is 10.1 Å². The lowest BCUT2D eigenvalue weighted by Gasteiger charge is -2.33. The van der Waals surface area contributed by atoms with Gasteiger partial charge in [0, 0.05) is 19.2 Å². The molecule has 1 aliphatic carbocycles. The largest absolute Gasteiger partial charge is 0.365 e. The molecule has 0 heterocycles. The van der Waals surface area contributed by atoms with Crippen LogP contribution in [0.1, 0.15) is 32.1 Å². The van der Waals surface area contributed by atoms with Gasteiger partial charge in [-0.2, -0.15) is 0 Å². The van der Waals surface area contributed by atoms with E-state index in [1.165, 1.54) is 18.2 Å². The molecule has 0 aromatic heterocycles. The molecular formula is C13H19N3O4S. The Labute approximate surface area is 123 Å². The van der Waals surface area contributed by atoms with E-state index in [0.29, 0.717) is 0 Å². The van der Waals surface area contributed by atoms with Gasteiger partial charge in [-0.3, -0.25) is 10.1 Å². The molecule has 0 bridgehead atoms. The molecular weight excluding hydrogens is 294 g/mol. The Morgan fingerprint density at radius 2 is 1.90 bits per heavy atom. The minimum absolute atomic E-state index is 0.0944.